The molecule has 10 heteroatoms. The van der Waals surface area contributed by atoms with Crippen molar-refractivity contribution in [2.45, 2.75) is 151 Å². The van der Waals surface area contributed by atoms with Crippen LogP contribution in [0.2, 0.25) is 0 Å². The zero-order valence-corrected chi connectivity index (χ0v) is 31.2. The molecule has 5 aliphatic rings. The first kappa shape index (κ1) is 37.9. The van der Waals surface area contributed by atoms with E-state index in [1.165, 1.54) is 13.8 Å². The van der Waals surface area contributed by atoms with Crippen molar-refractivity contribution >= 4 is 23.6 Å². The Bertz CT molecular complexity index is 1440. The maximum atomic E-state index is 14.1. The fourth-order valence-electron chi connectivity index (χ4n) is 11.9. The van der Waals surface area contributed by atoms with E-state index in [1.54, 1.807) is 0 Å². The van der Waals surface area contributed by atoms with E-state index in [1.807, 2.05) is 13.8 Å². The number of hydrogen-bond donors (Lipinski definition) is 2. The van der Waals surface area contributed by atoms with Gasteiger partial charge in [0.15, 0.2) is 5.78 Å². The molecule has 5 rings (SSSR count). The lowest BCUT2D eigenvalue weighted by atomic mass is 9.36. The van der Waals surface area contributed by atoms with Crippen LogP contribution in [-0.2, 0) is 23.9 Å². The van der Waals surface area contributed by atoms with E-state index < -0.39 is 40.4 Å². The van der Waals surface area contributed by atoms with Crippen molar-refractivity contribution in [3.05, 3.63) is 11.1 Å². The van der Waals surface area contributed by atoms with Crippen LogP contribution in [0.15, 0.2) is 11.1 Å². The molecule has 0 spiro atoms. The SMILES string of the molecule is CC(C)C1=C2C3CCC4[C@@](C)(CCC5C(C)(C)[C@@H](OC(=O)CC(C)(C)C(=O)O)CC[C@@]54C)C3CC[C@@]2(C(=O)NC(C)(C)C(F)(F)F)CC1=O. The molecule has 0 radical (unpaired) electrons. The van der Waals surface area contributed by atoms with Crippen LogP contribution >= 0.6 is 0 Å². The van der Waals surface area contributed by atoms with E-state index in [0.717, 1.165) is 51.5 Å². The molecule has 0 aromatic heterocycles. The lowest BCUT2D eigenvalue weighted by Gasteiger charge is -2.68. The summed E-state index contributed by atoms with van der Waals surface area (Å²) in [5, 5.41) is 11.9. The van der Waals surface area contributed by atoms with Crippen LogP contribution in [0.25, 0.3) is 0 Å². The number of carbonyl (C=O) groups excluding carboxylic acids is 3. The second-order valence-corrected chi connectivity index (χ2v) is 18.9. The van der Waals surface area contributed by atoms with Gasteiger partial charge in [0, 0.05) is 11.8 Å². The van der Waals surface area contributed by atoms with Crippen molar-refractivity contribution in [2.75, 3.05) is 0 Å². The lowest BCUT2D eigenvalue weighted by Crippen LogP contribution is -2.64. The Morgan fingerprint density at radius 3 is 2.08 bits per heavy atom. The summed E-state index contributed by atoms with van der Waals surface area (Å²) < 4.78 is 47.9. The molecule has 4 saturated carbocycles. The van der Waals surface area contributed by atoms with Gasteiger partial charge in [-0.2, -0.15) is 13.2 Å². The smallest absolute Gasteiger partial charge is 0.410 e. The predicted molar refractivity (Wildman–Crippen MR) is 179 cm³/mol. The number of Topliss-reactive ketones (excluding diaryl/α,β-unsaturated/α-hetero) is 1. The third-order valence-electron chi connectivity index (χ3n) is 14.5. The van der Waals surface area contributed by atoms with Crippen molar-refractivity contribution in [1.29, 1.82) is 0 Å². The summed E-state index contributed by atoms with van der Waals surface area (Å²) in [6, 6.07) is 0. The van der Waals surface area contributed by atoms with Gasteiger partial charge in [0.05, 0.1) is 17.3 Å². The van der Waals surface area contributed by atoms with Crippen molar-refractivity contribution in [1.82, 2.24) is 5.32 Å². The second-order valence-electron chi connectivity index (χ2n) is 18.9. The number of ketones is 1. The number of nitrogens with one attached hydrogen (secondary N) is 1. The van der Waals surface area contributed by atoms with Crippen molar-refractivity contribution in [3.63, 3.8) is 0 Å². The first-order valence-corrected chi connectivity index (χ1v) is 18.4. The van der Waals surface area contributed by atoms with Gasteiger partial charge >= 0.3 is 18.1 Å². The summed E-state index contributed by atoms with van der Waals surface area (Å²) >= 11 is 0. The van der Waals surface area contributed by atoms with E-state index in [0.29, 0.717) is 30.8 Å². The van der Waals surface area contributed by atoms with Gasteiger partial charge in [0.1, 0.15) is 11.6 Å². The zero-order chi connectivity index (χ0) is 36.9. The van der Waals surface area contributed by atoms with Crippen LogP contribution in [0, 0.1) is 56.7 Å². The van der Waals surface area contributed by atoms with Gasteiger partial charge in [-0.15, -0.1) is 0 Å². The largest absolute Gasteiger partial charge is 0.481 e. The van der Waals surface area contributed by atoms with Crippen molar-refractivity contribution in [2.24, 2.45) is 56.7 Å². The van der Waals surface area contributed by atoms with Gasteiger partial charge in [-0.05, 0) is 131 Å². The van der Waals surface area contributed by atoms with Gasteiger partial charge in [0.2, 0.25) is 5.91 Å². The Labute approximate surface area is 289 Å². The number of carbonyl (C=O) groups is 4. The number of fused-ring (bicyclic) bond motifs is 7. The molecule has 0 heterocycles. The molecule has 1 amide bonds. The number of hydrogen-bond acceptors (Lipinski definition) is 5. The summed E-state index contributed by atoms with van der Waals surface area (Å²) in [5.74, 6) is -1.64. The summed E-state index contributed by atoms with van der Waals surface area (Å²) in [4.78, 5) is 52.4. The van der Waals surface area contributed by atoms with Crippen LogP contribution in [0.5, 0.6) is 0 Å². The molecule has 4 unspecified atom stereocenters. The quantitative estimate of drug-likeness (QED) is 0.259. The van der Waals surface area contributed by atoms with Crippen LogP contribution in [-0.4, -0.2) is 46.6 Å². The number of carboxylic acid groups (broad SMARTS) is 1. The van der Waals surface area contributed by atoms with Crippen molar-refractivity contribution < 1.29 is 42.2 Å². The highest BCUT2D eigenvalue weighted by Crippen LogP contribution is 2.73. The monoisotopic (exact) mass is 693 g/mol. The predicted octanol–water partition coefficient (Wildman–Crippen LogP) is 8.45. The Kier molecular flexibility index (Phi) is 9.14. The normalized spacial score (nSPS) is 37.5. The number of allylic oxidation sites excluding steroid dienone is 1. The van der Waals surface area contributed by atoms with Gasteiger partial charge in [-0.25, -0.2) is 0 Å². The molecule has 0 aromatic carbocycles. The minimum absolute atomic E-state index is 0.0401. The molecular formula is C39H58F3NO6. The summed E-state index contributed by atoms with van der Waals surface area (Å²) in [6.45, 7) is 18.1. The fourth-order valence-corrected chi connectivity index (χ4v) is 11.9. The van der Waals surface area contributed by atoms with Crippen molar-refractivity contribution in [3.8, 4) is 0 Å². The molecule has 0 aliphatic heterocycles. The van der Waals surface area contributed by atoms with E-state index >= 15 is 0 Å². The zero-order valence-electron chi connectivity index (χ0n) is 31.2. The Hall–Kier alpha value is -2.39. The lowest BCUT2D eigenvalue weighted by molar-refractivity contribution is -0.214. The van der Waals surface area contributed by atoms with E-state index in [9.17, 15) is 37.5 Å². The molecular weight excluding hydrogens is 635 g/mol. The van der Waals surface area contributed by atoms with Crippen LogP contribution < -0.4 is 5.32 Å². The molecule has 5 aliphatic carbocycles. The highest BCUT2D eigenvalue weighted by Gasteiger charge is 2.68. The van der Waals surface area contributed by atoms with Gasteiger partial charge < -0.3 is 15.2 Å². The minimum Gasteiger partial charge on any atom is -0.481 e. The summed E-state index contributed by atoms with van der Waals surface area (Å²) in [7, 11) is 0. The van der Waals surface area contributed by atoms with Gasteiger partial charge in [0.25, 0.3) is 0 Å². The number of halogens is 3. The molecule has 7 nitrogen and oxygen atoms in total. The maximum absolute atomic E-state index is 14.1. The first-order valence-electron chi connectivity index (χ1n) is 18.4. The molecule has 0 aromatic rings. The molecule has 0 bridgehead atoms. The number of alkyl halides is 3. The average Bonchev–Trinajstić information content (AvgIpc) is 3.27. The highest BCUT2D eigenvalue weighted by atomic mass is 19.4. The molecule has 0 saturated heterocycles. The van der Waals surface area contributed by atoms with E-state index in [4.69, 9.17) is 4.74 Å². The summed E-state index contributed by atoms with van der Waals surface area (Å²) in [5.41, 5.74) is -3.86. The summed E-state index contributed by atoms with van der Waals surface area (Å²) in [6.07, 6.45) is 0.952. The van der Waals surface area contributed by atoms with Crippen LogP contribution in [0.3, 0.4) is 0 Å². The standard InChI is InChI=1S/C39H58F3NO6/c1-21(2)29-24(44)19-38(31(46)43-35(7,8)39(40,41)42)18-13-23-22(30(29)38)11-12-26-36(23,9)16-14-25-34(5,6)27(15-17-37(25,26)10)49-28(45)20-33(3,4)32(47)48/h21-23,25-27H,11-20H2,1-10H3,(H,43,46)(H,47,48)/t22?,23?,25?,26?,27-,36-,37-,38+/m0/s1. The molecule has 8 atom stereocenters. The Morgan fingerprint density at radius 2 is 1.51 bits per heavy atom. The van der Waals surface area contributed by atoms with Crippen LogP contribution in [0.1, 0.15) is 133 Å². The average molecular weight is 694 g/mol. The number of ether oxygens (including phenoxy) is 1. The Balaban J connectivity index is 1.44. The third-order valence-corrected chi connectivity index (χ3v) is 14.5. The van der Waals surface area contributed by atoms with E-state index in [2.05, 4.69) is 33.0 Å². The number of amides is 1. The molecule has 49 heavy (non-hydrogen) atoms. The minimum atomic E-state index is -4.64. The molecule has 4 fully saturated rings. The third kappa shape index (κ3) is 5.77. The fraction of sp³-hybridized carbons (Fsp3) is 0.846. The molecule has 276 valence electrons. The highest BCUT2D eigenvalue weighted by molar-refractivity contribution is 6.07. The topological polar surface area (TPSA) is 110 Å². The molecule has 2 N–H and O–H groups in total. The number of esters is 1. The second kappa shape index (κ2) is 11.8. The van der Waals surface area contributed by atoms with Crippen LogP contribution in [0.4, 0.5) is 13.2 Å². The Morgan fingerprint density at radius 1 is 0.898 bits per heavy atom. The van der Waals surface area contributed by atoms with Gasteiger partial charge in [-0.1, -0.05) is 41.5 Å². The number of carboxylic acids is 1. The number of rotatable bonds is 7. The number of aliphatic carboxylic acids is 1. The van der Waals surface area contributed by atoms with Gasteiger partial charge in [-0.3, -0.25) is 19.2 Å². The first-order chi connectivity index (χ1) is 22.3. The maximum Gasteiger partial charge on any atom is 0.410 e. The van der Waals surface area contributed by atoms with E-state index in [-0.39, 0.29) is 64.6 Å².